The summed E-state index contributed by atoms with van der Waals surface area (Å²) in [5.74, 6) is -2.49. The number of pyridine rings is 1. The minimum atomic E-state index is -4.32. The highest BCUT2D eigenvalue weighted by Gasteiger charge is 2.42. The van der Waals surface area contributed by atoms with Gasteiger partial charge in [-0.25, -0.2) is 4.39 Å². The maximum Gasteiger partial charge on any atom is 0.393 e. The molecule has 0 spiro atoms. The van der Waals surface area contributed by atoms with Gasteiger partial charge in [0.25, 0.3) is 0 Å². The highest BCUT2D eigenvalue weighted by molar-refractivity contribution is 5.82. The van der Waals surface area contributed by atoms with Crippen LogP contribution >= 0.6 is 0 Å². The van der Waals surface area contributed by atoms with Crippen molar-refractivity contribution in [2.24, 2.45) is 5.92 Å². The van der Waals surface area contributed by atoms with Gasteiger partial charge >= 0.3 is 6.18 Å². The van der Waals surface area contributed by atoms with Crippen LogP contribution in [0.4, 0.5) is 23.4 Å². The van der Waals surface area contributed by atoms with Gasteiger partial charge in [0, 0.05) is 25.2 Å². The first-order chi connectivity index (χ1) is 13.3. The molecule has 6 nitrogen and oxygen atoms in total. The number of anilines is 1. The van der Waals surface area contributed by atoms with Crippen LogP contribution in [0.1, 0.15) is 31.2 Å². The molecule has 2 saturated heterocycles. The lowest BCUT2D eigenvalue weighted by molar-refractivity contribution is -0.176. The van der Waals surface area contributed by atoms with Crippen molar-refractivity contribution in [3.63, 3.8) is 0 Å². The molecule has 10 heteroatoms. The molecule has 2 aliphatic rings. The fraction of sp³-hybridized carbons (Fsp3) is 0.667. The van der Waals surface area contributed by atoms with Crippen LogP contribution in [0.5, 0.6) is 5.88 Å². The van der Waals surface area contributed by atoms with Gasteiger partial charge in [0.2, 0.25) is 11.8 Å². The highest BCUT2D eigenvalue weighted by Crippen LogP contribution is 2.35. The number of aromatic nitrogens is 1. The molecule has 1 aromatic rings. The molecule has 1 aromatic heterocycles. The Labute approximate surface area is 160 Å². The van der Waals surface area contributed by atoms with Crippen LogP contribution in [0.2, 0.25) is 0 Å². The average molecular weight is 404 g/mol. The molecule has 1 amide bonds. The zero-order chi connectivity index (χ0) is 20.3. The second-order valence-corrected chi connectivity index (χ2v) is 7.16. The smallest absolute Gasteiger partial charge is 0.393 e. The minimum absolute atomic E-state index is 0.0234. The number of nitrogens with one attached hydrogen (secondary N) is 2. The SMILES string of the molecule is COc1nc(N2CCCC(C(F)(F)F)C2)c(F)cc1CNC(=O)C1CCCN1. The third kappa shape index (κ3) is 4.65. The average Bonchev–Trinajstić information content (AvgIpc) is 3.20. The number of rotatable bonds is 5. The molecular weight excluding hydrogens is 380 g/mol. The number of methoxy groups -OCH3 is 1. The number of carbonyl (C=O) groups excluding carboxylic acids is 1. The largest absolute Gasteiger partial charge is 0.481 e. The van der Waals surface area contributed by atoms with Crippen LogP contribution in [-0.2, 0) is 11.3 Å². The van der Waals surface area contributed by atoms with Gasteiger partial charge in [-0.1, -0.05) is 0 Å². The van der Waals surface area contributed by atoms with Crippen LogP contribution in [0.15, 0.2) is 6.07 Å². The lowest BCUT2D eigenvalue weighted by Crippen LogP contribution is -2.42. The number of halogens is 4. The van der Waals surface area contributed by atoms with E-state index in [0.29, 0.717) is 18.5 Å². The van der Waals surface area contributed by atoms with Gasteiger partial charge in [-0.05, 0) is 38.3 Å². The molecule has 28 heavy (non-hydrogen) atoms. The molecule has 0 aromatic carbocycles. The normalized spacial score (nSPS) is 23.0. The van der Waals surface area contributed by atoms with E-state index in [1.54, 1.807) is 0 Å². The Kier molecular flexibility index (Phi) is 6.26. The number of piperidine rings is 1. The summed E-state index contributed by atoms with van der Waals surface area (Å²) < 4.78 is 58.9. The molecule has 0 aliphatic carbocycles. The summed E-state index contributed by atoms with van der Waals surface area (Å²) in [4.78, 5) is 17.5. The molecule has 3 rings (SSSR count). The number of hydrogen-bond acceptors (Lipinski definition) is 5. The quantitative estimate of drug-likeness (QED) is 0.738. The lowest BCUT2D eigenvalue weighted by Gasteiger charge is -2.34. The summed E-state index contributed by atoms with van der Waals surface area (Å²) in [5.41, 5.74) is 0.333. The second-order valence-electron chi connectivity index (χ2n) is 7.16. The summed E-state index contributed by atoms with van der Waals surface area (Å²) in [5, 5.41) is 5.79. The predicted molar refractivity (Wildman–Crippen MR) is 94.6 cm³/mol. The third-order valence-electron chi connectivity index (χ3n) is 5.20. The molecule has 0 bridgehead atoms. The Morgan fingerprint density at radius 3 is 2.82 bits per heavy atom. The first kappa shape index (κ1) is 20.6. The fourth-order valence-electron chi connectivity index (χ4n) is 3.68. The maximum absolute atomic E-state index is 14.6. The second kappa shape index (κ2) is 8.50. The van der Waals surface area contributed by atoms with Gasteiger partial charge in [0.1, 0.15) is 0 Å². The molecule has 3 heterocycles. The Bertz CT molecular complexity index is 708. The lowest BCUT2D eigenvalue weighted by atomic mass is 9.97. The van der Waals surface area contributed by atoms with Crippen molar-refractivity contribution in [3.8, 4) is 5.88 Å². The van der Waals surface area contributed by atoms with Gasteiger partial charge in [0.15, 0.2) is 11.6 Å². The van der Waals surface area contributed by atoms with E-state index in [2.05, 4.69) is 15.6 Å². The zero-order valence-electron chi connectivity index (χ0n) is 15.6. The first-order valence-electron chi connectivity index (χ1n) is 9.35. The first-order valence-corrected chi connectivity index (χ1v) is 9.35. The van der Waals surface area contributed by atoms with E-state index in [-0.39, 0.29) is 43.2 Å². The Morgan fingerprint density at radius 1 is 1.39 bits per heavy atom. The molecule has 156 valence electrons. The van der Waals surface area contributed by atoms with E-state index >= 15 is 0 Å². The van der Waals surface area contributed by atoms with E-state index in [4.69, 9.17) is 4.74 Å². The van der Waals surface area contributed by atoms with Crippen LogP contribution in [0, 0.1) is 11.7 Å². The number of ether oxygens (including phenoxy) is 1. The van der Waals surface area contributed by atoms with Crippen LogP contribution in [0.25, 0.3) is 0 Å². The Morgan fingerprint density at radius 2 is 2.18 bits per heavy atom. The fourth-order valence-corrected chi connectivity index (χ4v) is 3.68. The van der Waals surface area contributed by atoms with Crippen LogP contribution < -0.4 is 20.3 Å². The van der Waals surface area contributed by atoms with Crippen molar-refractivity contribution in [1.29, 1.82) is 0 Å². The monoisotopic (exact) mass is 404 g/mol. The number of amides is 1. The van der Waals surface area contributed by atoms with Crippen molar-refractivity contribution in [2.75, 3.05) is 31.6 Å². The van der Waals surface area contributed by atoms with Gasteiger partial charge in [0.05, 0.1) is 19.1 Å². The molecule has 2 fully saturated rings. The topological polar surface area (TPSA) is 66.5 Å². The van der Waals surface area contributed by atoms with E-state index < -0.39 is 17.9 Å². The van der Waals surface area contributed by atoms with Crippen molar-refractivity contribution in [3.05, 3.63) is 17.4 Å². The van der Waals surface area contributed by atoms with Crippen molar-refractivity contribution < 1.29 is 27.1 Å². The zero-order valence-corrected chi connectivity index (χ0v) is 15.6. The van der Waals surface area contributed by atoms with E-state index in [0.717, 1.165) is 19.4 Å². The van der Waals surface area contributed by atoms with Crippen LogP contribution in [-0.4, -0.2) is 49.9 Å². The van der Waals surface area contributed by atoms with Crippen molar-refractivity contribution in [1.82, 2.24) is 15.6 Å². The number of carbonyl (C=O) groups is 1. The van der Waals surface area contributed by atoms with E-state index in [1.165, 1.54) is 18.1 Å². The minimum Gasteiger partial charge on any atom is -0.481 e. The standard InChI is InChI=1S/C18H24F4N4O2/c1-28-17-11(9-24-16(27)14-5-2-6-23-14)8-13(19)15(25-17)26-7-3-4-12(10-26)18(20,21)22/h8,12,14,23H,2-7,9-10H2,1H3,(H,24,27). The molecule has 2 aliphatic heterocycles. The third-order valence-corrected chi connectivity index (χ3v) is 5.20. The van der Waals surface area contributed by atoms with Crippen LogP contribution in [0.3, 0.4) is 0 Å². The number of nitrogens with zero attached hydrogens (tertiary/aromatic N) is 2. The maximum atomic E-state index is 14.6. The van der Waals surface area contributed by atoms with Gasteiger partial charge in [-0.15, -0.1) is 0 Å². The predicted octanol–water partition coefficient (Wildman–Crippen LogP) is 2.38. The summed E-state index contributed by atoms with van der Waals surface area (Å²) in [6, 6.07) is 0.900. The number of hydrogen-bond donors (Lipinski definition) is 2. The van der Waals surface area contributed by atoms with Crippen molar-refractivity contribution >= 4 is 11.7 Å². The summed E-state index contributed by atoms with van der Waals surface area (Å²) >= 11 is 0. The molecule has 2 unspecified atom stereocenters. The Hall–Kier alpha value is -2.10. The van der Waals surface area contributed by atoms with Crippen molar-refractivity contribution in [2.45, 2.75) is 44.4 Å². The summed E-state index contributed by atoms with van der Waals surface area (Å²) in [6.07, 6.45) is -2.33. The summed E-state index contributed by atoms with van der Waals surface area (Å²) in [7, 11) is 1.35. The molecular formula is C18H24F4N4O2. The van der Waals surface area contributed by atoms with E-state index in [1.807, 2.05) is 0 Å². The molecule has 2 N–H and O–H groups in total. The van der Waals surface area contributed by atoms with Gasteiger partial charge in [-0.3, -0.25) is 4.79 Å². The molecule has 0 radical (unpaired) electrons. The van der Waals surface area contributed by atoms with Gasteiger partial charge < -0.3 is 20.3 Å². The number of alkyl halides is 3. The summed E-state index contributed by atoms with van der Waals surface area (Å²) in [6.45, 7) is 0.764. The Balaban J connectivity index is 1.73. The molecule has 0 saturated carbocycles. The van der Waals surface area contributed by atoms with E-state index in [9.17, 15) is 22.4 Å². The molecule has 2 atom stereocenters. The van der Waals surface area contributed by atoms with Gasteiger partial charge in [-0.2, -0.15) is 18.2 Å². The highest BCUT2D eigenvalue weighted by atomic mass is 19.4.